The van der Waals surface area contributed by atoms with Gasteiger partial charge in [0.05, 0.1) is 23.2 Å². The molecule has 138 valence electrons. The molecule has 26 heavy (non-hydrogen) atoms. The number of fused-ring (bicyclic) bond motifs is 3. The molecule has 4 nitrogen and oxygen atoms in total. The van der Waals surface area contributed by atoms with Gasteiger partial charge in [0.15, 0.2) is 0 Å². The van der Waals surface area contributed by atoms with Gasteiger partial charge in [-0.2, -0.15) is 13.2 Å². The number of hydrogen-bond donors (Lipinski definition) is 2. The highest BCUT2D eigenvalue weighted by Crippen LogP contribution is 2.37. The van der Waals surface area contributed by atoms with Crippen molar-refractivity contribution in [2.75, 3.05) is 13.1 Å². The zero-order valence-corrected chi connectivity index (χ0v) is 14.3. The van der Waals surface area contributed by atoms with Crippen LogP contribution in [0.5, 0.6) is 0 Å². The maximum atomic E-state index is 13.2. The molecule has 0 spiro atoms. The number of aliphatic hydroxyl groups excluding tert-OH is 1. The van der Waals surface area contributed by atoms with Crippen LogP contribution in [0.15, 0.2) is 30.5 Å². The zero-order chi connectivity index (χ0) is 18.5. The molecule has 0 radical (unpaired) electrons. The Hall–Kier alpha value is -2.12. The second-order valence-corrected chi connectivity index (χ2v) is 6.96. The maximum absolute atomic E-state index is 13.2. The number of β-amino-alcohol motifs (C(OH)–C–C–N with tert-alkyl or cyclic N) is 1. The summed E-state index contributed by atoms with van der Waals surface area (Å²) in [5.74, 6) is 0. The Morgan fingerprint density at radius 1 is 1.23 bits per heavy atom. The molecule has 1 fully saturated rings. The van der Waals surface area contributed by atoms with E-state index in [1.807, 2.05) is 29.7 Å². The van der Waals surface area contributed by atoms with Gasteiger partial charge in [-0.1, -0.05) is 11.6 Å². The average molecular weight is 363 g/mol. The molecule has 0 saturated carbocycles. The van der Waals surface area contributed by atoms with Crippen LogP contribution in [0.25, 0.3) is 21.9 Å². The first-order chi connectivity index (χ1) is 12.4. The number of nitrogens with zero attached hydrogens (tertiary/aromatic N) is 2. The highest BCUT2D eigenvalue weighted by atomic mass is 19.4. The number of aromatic nitrogens is 2. The summed E-state index contributed by atoms with van der Waals surface area (Å²) in [6.45, 7) is 3.18. The normalized spacial score (nSPS) is 22.0. The number of benzene rings is 1. The fraction of sp³-hybridized carbons (Fsp3) is 0.421. The summed E-state index contributed by atoms with van der Waals surface area (Å²) < 4.78 is 41.5. The van der Waals surface area contributed by atoms with E-state index in [0.717, 1.165) is 42.0 Å². The number of hydrogen-bond acceptors (Lipinski definition) is 3. The number of alkyl halides is 3. The van der Waals surface area contributed by atoms with Gasteiger partial charge >= 0.3 is 6.18 Å². The molecule has 2 aromatic heterocycles. The van der Waals surface area contributed by atoms with Gasteiger partial charge in [0.1, 0.15) is 5.65 Å². The van der Waals surface area contributed by atoms with Crippen molar-refractivity contribution < 1.29 is 18.3 Å². The predicted molar refractivity (Wildman–Crippen MR) is 94.1 cm³/mol. The minimum absolute atomic E-state index is 0.225. The third-order valence-corrected chi connectivity index (χ3v) is 5.11. The first kappa shape index (κ1) is 17.3. The first-order valence-electron chi connectivity index (χ1n) is 8.72. The first-order valence-corrected chi connectivity index (χ1v) is 8.72. The fourth-order valence-electron chi connectivity index (χ4n) is 3.84. The maximum Gasteiger partial charge on any atom is 0.417 e. The van der Waals surface area contributed by atoms with Crippen LogP contribution in [0.1, 0.15) is 30.0 Å². The van der Waals surface area contributed by atoms with Crippen LogP contribution in [0.2, 0.25) is 0 Å². The second kappa shape index (κ2) is 6.25. The number of pyridine rings is 1. The predicted octanol–water partition coefficient (Wildman–Crippen LogP) is 3.80. The third kappa shape index (κ3) is 2.85. The van der Waals surface area contributed by atoms with Crippen molar-refractivity contribution in [3.05, 3.63) is 41.6 Å². The average Bonchev–Trinajstić information content (AvgIpc) is 2.74. The molecule has 2 N–H and O–H groups in total. The van der Waals surface area contributed by atoms with Crippen LogP contribution >= 0.6 is 0 Å². The van der Waals surface area contributed by atoms with Gasteiger partial charge in [0.2, 0.25) is 0 Å². The number of halogens is 3. The molecule has 3 heterocycles. The topological polar surface area (TPSA) is 50.1 Å². The van der Waals surface area contributed by atoms with Crippen molar-refractivity contribution in [2.24, 2.45) is 0 Å². The van der Waals surface area contributed by atoms with Crippen molar-refractivity contribution in [3.63, 3.8) is 0 Å². The Balaban J connectivity index is 2.01. The number of rotatable bonds is 1. The quantitative estimate of drug-likeness (QED) is 0.691. The van der Waals surface area contributed by atoms with Gasteiger partial charge in [-0.05, 0) is 44.5 Å². The molecule has 0 unspecified atom stereocenters. The molecule has 7 heteroatoms. The Kier molecular flexibility index (Phi) is 4.16. The molecule has 1 aliphatic rings. The van der Waals surface area contributed by atoms with Gasteiger partial charge in [-0.3, -0.25) is 0 Å². The summed E-state index contributed by atoms with van der Waals surface area (Å²) in [4.78, 5) is 4.17. The van der Waals surface area contributed by atoms with Gasteiger partial charge in [-0.15, -0.1) is 0 Å². The SMILES string of the molecule is Cc1ccc2c(c1)c1cc(C(F)(F)F)cnc1n2[C@H]1CCCNC[C@@H]1O. The Morgan fingerprint density at radius 2 is 2.04 bits per heavy atom. The summed E-state index contributed by atoms with van der Waals surface area (Å²) in [5.41, 5.74) is 1.51. The Bertz CT molecular complexity index is 964. The lowest BCUT2D eigenvalue weighted by Gasteiger charge is -2.23. The standard InChI is InChI=1S/C19H20F3N3O/c1-11-4-5-15-13(7-11)14-8-12(19(20,21)22)9-24-18(14)25(15)16-3-2-6-23-10-17(16)26/h4-5,7-9,16-17,23,26H,2-3,6,10H2,1H3/t16-,17-/m0/s1. The molecule has 0 bridgehead atoms. The largest absolute Gasteiger partial charge is 0.417 e. The van der Waals surface area contributed by atoms with Crippen LogP contribution in [0.3, 0.4) is 0 Å². The Labute approximate surface area is 148 Å². The van der Waals surface area contributed by atoms with E-state index < -0.39 is 17.8 Å². The van der Waals surface area contributed by atoms with E-state index in [1.165, 1.54) is 6.07 Å². The number of aryl methyl sites for hydroxylation is 1. The minimum atomic E-state index is -4.44. The van der Waals surface area contributed by atoms with Gasteiger partial charge < -0.3 is 15.0 Å². The monoisotopic (exact) mass is 363 g/mol. The summed E-state index contributed by atoms with van der Waals surface area (Å²) in [5, 5.41) is 15.0. The van der Waals surface area contributed by atoms with E-state index in [9.17, 15) is 18.3 Å². The molecule has 0 amide bonds. The zero-order valence-electron chi connectivity index (χ0n) is 14.3. The van der Waals surface area contributed by atoms with E-state index in [0.29, 0.717) is 17.6 Å². The van der Waals surface area contributed by atoms with Crippen LogP contribution in [-0.2, 0) is 6.18 Å². The summed E-state index contributed by atoms with van der Waals surface area (Å²) in [6, 6.07) is 6.67. The molecule has 1 aromatic carbocycles. The van der Waals surface area contributed by atoms with E-state index in [2.05, 4.69) is 10.3 Å². The molecular formula is C19H20F3N3O. The molecule has 1 aliphatic heterocycles. The van der Waals surface area contributed by atoms with Crippen LogP contribution in [-0.4, -0.2) is 33.9 Å². The van der Waals surface area contributed by atoms with Crippen LogP contribution in [0.4, 0.5) is 13.2 Å². The number of aliphatic hydroxyl groups is 1. The van der Waals surface area contributed by atoms with Crippen LogP contribution in [0, 0.1) is 6.92 Å². The lowest BCUT2D eigenvalue weighted by Crippen LogP contribution is -2.31. The van der Waals surface area contributed by atoms with E-state index >= 15 is 0 Å². The minimum Gasteiger partial charge on any atom is -0.390 e. The van der Waals surface area contributed by atoms with Gasteiger partial charge in [0.25, 0.3) is 0 Å². The summed E-state index contributed by atoms with van der Waals surface area (Å²) in [6.07, 6.45) is -2.56. The molecule has 3 aromatic rings. The van der Waals surface area contributed by atoms with Crippen molar-refractivity contribution in [2.45, 2.75) is 38.1 Å². The van der Waals surface area contributed by atoms with E-state index in [4.69, 9.17) is 0 Å². The van der Waals surface area contributed by atoms with E-state index in [-0.39, 0.29) is 6.04 Å². The van der Waals surface area contributed by atoms with Crippen molar-refractivity contribution >= 4 is 21.9 Å². The second-order valence-electron chi connectivity index (χ2n) is 6.96. The molecular weight excluding hydrogens is 343 g/mol. The van der Waals surface area contributed by atoms with Crippen molar-refractivity contribution in [1.82, 2.24) is 14.9 Å². The third-order valence-electron chi connectivity index (χ3n) is 5.11. The smallest absolute Gasteiger partial charge is 0.390 e. The highest BCUT2D eigenvalue weighted by molar-refractivity contribution is 6.07. The molecule has 0 aliphatic carbocycles. The lowest BCUT2D eigenvalue weighted by atomic mass is 10.1. The molecule has 1 saturated heterocycles. The lowest BCUT2D eigenvalue weighted by molar-refractivity contribution is -0.137. The van der Waals surface area contributed by atoms with E-state index in [1.54, 1.807) is 0 Å². The van der Waals surface area contributed by atoms with Crippen molar-refractivity contribution in [3.8, 4) is 0 Å². The summed E-state index contributed by atoms with van der Waals surface area (Å²) >= 11 is 0. The van der Waals surface area contributed by atoms with Crippen molar-refractivity contribution in [1.29, 1.82) is 0 Å². The highest BCUT2D eigenvalue weighted by Gasteiger charge is 2.33. The Morgan fingerprint density at radius 3 is 2.81 bits per heavy atom. The van der Waals surface area contributed by atoms with Gasteiger partial charge in [-0.25, -0.2) is 4.98 Å². The molecule has 2 atom stereocenters. The summed E-state index contributed by atoms with van der Waals surface area (Å²) in [7, 11) is 0. The molecule has 4 rings (SSSR count). The number of nitrogens with one attached hydrogen (secondary N) is 1. The fourth-order valence-corrected chi connectivity index (χ4v) is 3.84. The van der Waals surface area contributed by atoms with Gasteiger partial charge in [0, 0.05) is 23.5 Å². The van der Waals surface area contributed by atoms with Crippen LogP contribution < -0.4 is 5.32 Å².